The Morgan fingerprint density at radius 1 is 1.44 bits per heavy atom. The fourth-order valence-electron chi connectivity index (χ4n) is 2.63. The molecule has 1 aliphatic heterocycles. The number of nitrogens with two attached hydrogens (primary N) is 1. The maximum absolute atomic E-state index is 12.5. The van der Waals surface area contributed by atoms with E-state index in [0.29, 0.717) is 6.54 Å². The molecule has 4 heteroatoms. The van der Waals surface area contributed by atoms with Crippen LogP contribution in [0.25, 0.3) is 0 Å². The van der Waals surface area contributed by atoms with Crippen molar-refractivity contribution in [1.82, 2.24) is 4.90 Å². The molecule has 1 aromatic rings. The highest BCUT2D eigenvalue weighted by Crippen LogP contribution is 2.24. The van der Waals surface area contributed by atoms with Crippen molar-refractivity contribution in [2.75, 3.05) is 25.0 Å². The van der Waals surface area contributed by atoms with Gasteiger partial charge in [-0.05, 0) is 38.6 Å². The Balaban J connectivity index is 2.34. The Kier molecular flexibility index (Phi) is 3.68. The Hall–Kier alpha value is -1.39. The standard InChI is InChI=1S/C14H21N3O/c1-10-5-4-6-12(7-10)17-11(2)9-16(3)13(8-15)14(17)18/h4-7,11,13H,8-9,15H2,1-3H3. The molecule has 1 aliphatic rings. The van der Waals surface area contributed by atoms with Gasteiger partial charge in [-0.3, -0.25) is 9.69 Å². The summed E-state index contributed by atoms with van der Waals surface area (Å²) in [5.41, 5.74) is 7.84. The molecule has 1 saturated heterocycles. The van der Waals surface area contributed by atoms with Gasteiger partial charge < -0.3 is 10.6 Å². The van der Waals surface area contributed by atoms with E-state index in [1.807, 2.05) is 48.0 Å². The van der Waals surface area contributed by atoms with Gasteiger partial charge in [0.1, 0.15) is 6.04 Å². The molecule has 1 heterocycles. The van der Waals surface area contributed by atoms with Gasteiger partial charge in [-0.15, -0.1) is 0 Å². The highest BCUT2D eigenvalue weighted by molar-refractivity contribution is 5.98. The molecule has 2 N–H and O–H groups in total. The number of amides is 1. The third kappa shape index (κ3) is 2.26. The minimum Gasteiger partial charge on any atom is -0.328 e. The number of piperazine rings is 1. The van der Waals surface area contributed by atoms with Gasteiger partial charge >= 0.3 is 0 Å². The number of carbonyl (C=O) groups is 1. The van der Waals surface area contributed by atoms with E-state index < -0.39 is 0 Å². The molecular weight excluding hydrogens is 226 g/mol. The van der Waals surface area contributed by atoms with Crippen molar-refractivity contribution >= 4 is 11.6 Å². The number of likely N-dealkylation sites (N-methyl/N-ethyl adjacent to an activating group) is 1. The van der Waals surface area contributed by atoms with Gasteiger partial charge in [0, 0.05) is 24.8 Å². The number of hydrogen-bond donors (Lipinski definition) is 1. The first-order chi connectivity index (χ1) is 8.54. The van der Waals surface area contributed by atoms with Crippen molar-refractivity contribution in [3.63, 3.8) is 0 Å². The summed E-state index contributed by atoms with van der Waals surface area (Å²) in [6, 6.07) is 8.03. The van der Waals surface area contributed by atoms with Crippen LogP contribution < -0.4 is 10.6 Å². The molecule has 0 spiro atoms. The second-order valence-electron chi connectivity index (χ2n) is 5.09. The SMILES string of the molecule is Cc1cccc(N2C(=O)C(CN)N(C)CC2C)c1. The third-order valence-electron chi connectivity index (χ3n) is 3.55. The quantitative estimate of drug-likeness (QED) is 0.848. The summed E-state index contributed by atoms with van der Waals surface area (Å²) in [5.74, 6) is 0.101. The fourth-order valence-corrected chi connectivity index (χ4v) is 2.63. The van der Waals surface area contributed by atoms with Gasteiger partial charge in [-0.1, -0.05) is 12.1 Å². The summed E-state index contributed by atoms with van der Waals surface area (Å²) in [6.45, 7) is 5.32. The van der Waals surface area contributed by atoms with Crippen LogP contribution in [0.15, 0.2) is 24.3 Å². The second kappa shape index (κ2) is 5.08. The van der Waals surface area contributed by atoms with Gasteiger partial charge in [0.25, 0.3) is 0 Å². The molecule has 1 amide bonds. The number of carbonyl (C=O) groups excluding carboxylic acids is 1. The van der Waals surface area contributed by atoms with Gasteiger partial charge in [0.15, 0.2) is 0 Å². The predicted molar refractivity (Wildman–Crippen MR) is 73.6 cm³/mol. The molecule has 0 aliphatic carbocycles. The lowest BCUT2D eigenvalue weighted by Gasteiger charge is -2.42. The van der Waals surface area contributed by atoms with Gasteiger partial charge in [0.05, 0.1) is 0 Å². The zero-order chi connectivity index (χ0) is 13.3. The smallest absolute Gasteiger partial charge is 0.245 e. The average Bonchev–Trinajstić information content (AvgIpc) is 2.28. The Bertz CT molecular complexity index is 446. The molecule has 0 radical (unpaired) electrons. The highest BCUT2D eigenvalue weighted by atomic mass is 16.2. The van der Waals surface area contributed by atoms with Gasteiger partial charge in [0.2, 0.25) is 5.91 Å². The van der Waals surface area contributed by atoms with Crippen LogP contribution in [0.1, 0.15) is 12.5 Å². The van der Waals surface area contributed by atoms with Crippen LogP contribution in [0.2, 0.25) is 0 Å². The first-order valence-corrected chi connectivity index (χ1v) is 6.34. The molecule has 0 saturated carbocycles. The van der Waals surface area contributed by atoms with Crippen molar-refractivity contribution in [1.29, 1.82) is 0 Å². The van der Waals surface area contributed by atoms with E-state index in [0.717, 1.165) is 17.8 Å². The molecule has 1 aromatic carbocycles. The lowest BCUT2D eigenvalue weighted by Crippen LogP contribution is -2.62. The van der Waals surface area contributed by atoms with E-state index in [1.54, 1.807) is 0 Å². The maximum Gasteiger partial charge on any atom is 0.245 e. The summed E-state index contributed by atoms with van der Waals surface area (Å²) in [6.07, 6.45) is 0. The van der Waals surface area contributed by atoms with E-state index in [9.17, 15) is 4.79 Å². The largest absolute Gasteiger partial charge is 0.328 e. The van der Waals surface area contributed by atoms with Crippen LogP contribution in [0.4, 0.5) is 5.69 Å². The van der Waals surface area contributed by atoms with Gasteiger partial charge in [-0.2, -0.15) is 0 Å². The molecule has 98 valence electrons. The molecule has 0 aromatic heterocycles. The molecule has 4 nitrogen and oxygen atoms in total. The van der Waals surface area contributed by atoms with E-state index in [4.69, 9.17) is 5.73 Å². The molecule has 0 bridgehead atoms. The van der Waals surface area contributed by atoms with Crippen LogP contribution in [0, 0.1) is 6.92 Å². The summed E-state index contributed by atoms with van der Waals surface area (Å²) < 4.78 is 0. The third-order valence-corrected chi connectivity index (χ3v) is 3.55. The zero-order valence-corrected chi connectivity index (χ0v) is 11.3. The maximum atomic E-state index is 12.5. The van der Waals surface area contributed by atoms with E-state index in [1.165, 1.54) is 0 Å². The number of nitrogens with zero attached hydrogens (tertiary/aromatic N) is 2. The lowest BCUT2D eigenvalue weighted by atomic mass is 10.1. The molecule has 18 heavy (non-hydrogen) atoms. The molecule has 2 atom stereocenters. The van der Waals surface area contributed by atoms with Crippen LogP contribution in [-0.4, -0.2) is 43.0 Å². The zero-order valence-electron chi connectivity index (χ0n) is 11.3. The topological polar surface area (TPSA) is 49.6 Å². The average molecular weight is 247 g/mol. The molecule has 2 unspecified atom stereocenters. The van der Waals surface area contributed by atoms with Crippen LogP contribution in [-0.2, 0) is 4.79 Å². The van der Waals surface area contributed by atoms with Crippen LogP contribution >= 0.6 is 0 Å². The first kappa shape index (κ1) is 13.1. The Morgan fingerprint density at radius 3 is 2.78 bits per heavy atom. The number of hydrogen-bond acceptors (Lipinski definition) is 3. The Morgan fingerprint density at radius 2 is 2.17 bits per heavy atom. The van der Waals surface area contributed by atoms with E-state index >= 15 is 0 Å². The summed E-state index contributed by atoms with van der Waals surface area (Å²) in [4.78, 5) is 16.4. The van der Waals surface area contributed by atoms with Crippen LogP contribution in [0.3, 0.4) is 0 Å². The van der Waals surface area contributed by atoms with Crippen molar-refractivity contribution in [3.05, 3.63) is 29.8 Å². The normalized spacial score (nSPS) is 25.6. The number of aryl methyl sites for hydroxylation is 1. The highest BCUT2D eigenvalue weighted by Gasteiger charge is 2.36. The lowest BCUT2D eigenvalue weighted by molar-refractivity contribution is -0.125. The van der Waals surface area contributed by atoms with Crippen LogP contribution in [0.5, 0.6) is 0 Å². The summed E-state index contributed by atoms with van der Waals surface area (Å²) in [7, 11) is 1.96. The van der Waals surface area contributed by atoms with E-state index in [-0.39, 0.29) is 18.0 Å². The number of anilines is 1. The van der Waals surface area contributed by atoms with Gasteiger partial charge in [-0.25, -0.2) is 0 Å². The minimum absolute atomic E-state index is 0.101. The molecular formula is C14H21N3O. The Labute approximate surface area is 108 Å². The fraction of sp³-hybridized carbons (Fsp3) is 0.500. The van der Waals surface area contributed by atoms with Crippen molar-refractivity contribution < 1.29 is 4.79 Å². The number of benzene rings is 1. The predicted octanol–water partition coefficient (Wildman–Crippen LogP) is 0.989. The van der Waals surface area contributed by atoms with Crippen molar-refractivity contribution in [2.45, 2.75) is 25.9 Å². The van der Waals surface area contributed by atoms with E-state index in [2.05, 4.69) is 6.92 Å². The molecule has 2 rings (SSSR count). The minimum atomic E-state index is -0.207. The number of rotatable bonds is 2. The summed E-state index contributed by atoms with van der Waals surface area (Å²) >= 11 is 0. The van der Waals surface area contributed by atoms with Crippen molar-refractivity contribution in [3.8, 4) is 0 Å². The monoisotopic (exact) mass is 247 g/mol. The summed E-state index contributed by atoms with van der Waals surface area (Å²) in [5, 5.41) is 0. The first-order valence-electron chi connectivity index (χ1n) is 6.34. The molecule has 1 fully saturated rings. The second-order valence-corrected chi connectivity index (χ2v) is 5.09. The van der Waals surface area contributed by atoms with Crippen molar-refractivity contribution in [2.24, 2.45) is 5.73 Å².